The molecule has 1 aromatic carbocycles. The fourth-order valence-corrected chi connectivity index (χ4v) is 5.59. The predicted octanol–water partition coefficient (Wildman–Crippen LogP) is 2.85. The molecule has 1 aromatic heterocycles. The second-order valence-electron chi connectivity index (χ2n) is 5.54. The highest BCUT2D eigenvalue weighted by molar-refractivity contribution is 7.91. The number of carbonyl (C=O) groups excluding carboxylic acids is 1. The minimum Gasteiger partial charge on any atom is -0.323 e. The Hall–Kier alpha value is -1.77. The Kier molecular flexibility index (Phi) is 4.98. The monoisotopic (exact) mass is 368 g/mol. The van der Waals surface area contributed by atoms with Crippen LogP contribution in [0.2, 0.25) is 0 Å². The normalized spacial score (nSPS) is 15.5. The van der Waals surface area contributed by atoms with Crippen LogP contribution in [-0.2, 0) is 21.2 Å². The van der Waals surface area contributed by atoms with E-state index in [9.17, 15) is 17.6 Å². The number of halogens is 1. The van der Waals surface area contributed by atoms with Crippen molar-refractivity contribution in [1.82, 2.24) is 4.31 Å². The third-order valence-electron chi connectivity index (χ3n) is 3.78. The summed E-state index contributed by atoms with van der Waals surface area (Å²) in [6.07, 6.45) is 1.76. The maximum Gasteiger partial charge on any atom is 0.252 e. The fourth-order valence-electron chi connectivity index (χ4n) is 2.56. The second-order valence-corrected chi connectivity index (χ2v) is 8.87. The third kappa shape index (κ3) is 3.66. The van der Waals surface area contributed by atoms with Gasteiger partial charge in [0.1, 0.15) is 10.0 Å². The van der Waals surface area contributed by atoms with Crippen LogP contribution in [0.5, 0.6) is 0 Å². The number of anilines is 1. The van der Waals surface area contributed by atoms with E-state index in [4.69, 9.17) is 0 Å². The van der Waals surface area contributed by atoms with Gasteiger partial charge in [0, 0.05) is 18.0 Å². The van der Waals surface area contributed by atoms with E-state index in [1.165, 1.54) is 22.5 Å². The van der Waals surface area contributed by atoms with E-state index >= 15 is 0 Å². The van der Waals surface area contributed by atoms with Gasteiger partial charge in [-0.25, -0.2) is 12.8 Å². The van der Waals surface area contributed by atoms with Crippen LogP contribution in [0.4, 0.5) is 10.1 Å². The Labute approximate surface area is 144 Å². The number of nitrogens with one attached hydrogen (secondary N) is 1. The molecule has 1 saturated heterocycles. The summed E-state index contributed by atoms with van der Waals surface area (Å²) in [5.41, 5.74) is 0.115. The number of hydrogen-bond acceptors (Lipinski definition) is 4. The van der Waals surface area contributed by atoms with Crippen molar-refractivity contribution >= 4 is 33.0 Å². The summed E-state index contributed by atoms with van der Waals surface area (Å²) in [5.74, 6) is -0.888. The standard InChI is InChI=1S/C16H17FN2O3S2/c17-13-5-1-2-6-14(13)18-15(20)11-12-7-8-16(23-12)24(21,22)19-9-3-4-10-19/h1-2,5-8H,3-4,9-11H2,(H,18,20). The van der Waals surface area contributed by atoms with Crippen LogP contribution in [0.3, 0.4) is 0 Å². The number of nitrogens with zero attached hydrogens (tertiary/aromatic N) is 1. The maximum atomic E-state index is 13.5. The van der Waals surface area contributed by atoms with Crippen LogP contribution in [0.25, 0.3) is 0 Å². The van der Waals surface area contributed by atoms with Gasteiger partial charge < -0.3 is 5.32 Å². The largest absolute Gasteiger partial charge is 0.323 e. The SMILES string of the molecule is O=C(Cc1ccc(S(=O)(=O)N2CCCC2)s1)Nc1ccccc1F. The lowest BCUT2D eigenvalue weighted by atomic mass is 10.3. The van der Waals surface area contributed by atoms with Gasteiger partial charge in [-0.15, -0.1) is 11.3 Å². The summed E-state index contributed by atoms with van der Waals surface area (Å²) in [5, 5.41) is 2.49. The van der Waals surface area contributed by atoms with Crippen molar-refractivity contribution < 1.29 is 17.6 Å². The number of para-hydroxylation sites is 1. The molecule has 1 fully saturated rings. The Balaban J connectivity index is 1.68. The summed E-state index contributed by atoms with van der Waals surface area (Å²) < 4.78 is 40.2. The minimum absolute atomic E-state index is 0.00845. The zero-order valence-electron chi connectivity index (χ0n) is 12.9. The van der Waals surface area contributed by atoms with E-state index in [2.05, 4.69) is 5.32 Å². The molecule has 0 radical (unpaired) electrons. The number of benzene rings is 1. The lowest BCUT2D eigenvalue weighted by molar-refractivity contribution is -0.115. The van der Waals surface area contributed by atoms with E-state index in [0.29, 0.717) is 18.0 Å². The van der Waals surface area contributed by atoms with Gasteiger partial charge in [0.15, 0.2) is 0 Å². The predicted molar refractivity (Wildman–Crippen MR) is 91.0 cm³/mol. The van der Waals surface area contributed by atoms with Gasteiger partial charge in [-0.3, -0.25) is 4.79 Å². The number of carbonyl (C=O) groups is 1. The van der Waals surface area contributed by atoms with E-state index in [-0.39, 0.29) is 22.2 Å². The average Bonchev–Trinajstić information content (AvgIpc) is 3.21. The Morgan fingerprint density at radius 3 is 2.58 bits per heavy atom. The Morgan fingerprint density at radius 2 is 1.88 bits per heavy atom. The van der Waals surface area contributed by atoms with Crippen LogP contribution in [0, 0.1) is 5.82 Å². The van der Waals surface area contributed by atoms with Crippen molar-refractivity contribution in [3.05, 3.63) is 47.1 Å². The molecule has 0 unspecified atom stereocenters. The van der Waals surface area contributed by atoms with Gasteiger partial charge in [0.2, 0.25) is 5.91 Å². The van der Waals surface area contributed by atoms with E-state index in [1.54, 1.807) is 18.2 Å². The van der Waals surface area contributed by atoms with Crippen LogP contribution in [0.15, 0.2) is 40.6 Å². The van der Waals surface area contributed by atoms with Crippen molar-refractivity contribution in [3.63, 3.8) is 0 Å². The molecule has 128 valence electrons. The minimum atomic E-state index is -3.46. The molecule has 1 aliphatic heterocycles. The number of rotatable bonds is 5. The molecule has 8 heteroatoms. The van der Waals surface area contributed by atoms with E-state index < -0.39 is 15.8 Å². The van der Waals surface area contributed by atoms with Gasteiger partial charge in [-0.05, 0) is 37.1 Å². The molecule has 1 N–H and O–H groups in total. The first-order valence-corrected chi connectivity index (χ1v) is 9.86. The molecule has 0 spiro atoms. The van der Waals surface area contributed by atoms with Crippen LogP contribution >= 0.6 is 11.3 Å². The highest BCUT2D eigenvalue weighted by atomic mass is 32.2. The first-order chi connectivity index (χ1) is 11.5. The van der Waals surface area contributed by atoms with Gasteiger partial charge in [-0.2, -0.15) is 4.31 Å². The molecule has 0 atom stereocenters. The maximum absolute atomic E-state index is 13.5. The molecule has 2 aromatic rings. The Bertz CT molecular complexity index is 843. The van der Waals surface area contributed by atoms with Crippen molar-refractivity contribution in [2.45, 2.75) is 23.5 Å². The third-order valence-corrected chi connectivity index (χ3v) is 7.23. The Morgan fingerprint density at radius 1 is 1.17 bits per heavy atom. The average molecular weight is 368 g/mol. The summed E-state index contributed by atoms with van der Waals surface area (Å²) in [6, 6.07) is 9.08. The number of sulfonamides is 1. The topological polar surface area (TPSA) is 66.5 Å². The lowest BCUT2D eigenvalue weighted by Gasteiger charge is -2.13. The molecular formula is C16H17FN2O3S2. The van der Waals surface area contributed by atoms with Gasteiger partial charge in [0.25, 0.3) is 10.0 Å². The fraction of sp³-hybridized carbons (Fsp3) is 0.312. The van der Waals surface area contributed by atoms with Crippen molar-refractivity contribution in [2.75, 3.05) is 18.4 Å². The van der Waals surface area contributed by atoms with Gasteiger partial charge in [0.05, 0.1) is 12.1 Å². The number of amides is 1. The summed E-state index contributed by atoms with van der Waals surface area (Å²) in [6.45, 7) is 1.09. The smallest absolute Gasteiger partial charge is 0.252 e. The van der Waals surface area contributed by atoms with Crippen LogP contribution < -0.4 is 5.32 Å². The molecule has 3 rings (SSSR count). The molecule has 0 aliphatic carbocycles. The molecular weight excluding hydrogens is 351 g/mol. The molecule has 0 saturated carbocycles. The highest BCUT2D eigenvalue weighted by Crippen LogP contribution is 2.27. The molecule has 24 heavy (non-hydrogen) atoms. The molecule has 5 nitrogen and oxygen atoms in total. The molecule has 2 heterocycles. The molecule has 1 aliphatic rings. The first kappa shape index (κ1) is 17.1. The molecule has 0 bridgehead atoms. The summed E-state index contributed by atoms with van der Waals surface area (Å²) in [7, 11) is -3.46. The quantitative estimate of drug-likeness (QED) is 0.882. The summed E-state index contributed by atoms with van der Waals surface area (Å²) in [4.78, 5) is 12.6. The zero-order chi connectivity index (χ0) is 17.2. The van der Waals surface area contributed by atoms with Crippen molar-refractivity contribution in [2.24, 2.45) is 0 Å². The van der Waals surface area contributed by atoms with Crippen LogP contribution in [-0.4, -0.2) is 31.7 Å². The van der Waals surface area contributed by atoms with Gasteiger partial charge in [-0.1, -0.05) is 12.1 Å². The van der Waals surface area contributed by atoms with Crippen molar-refractivity contribution in [3.8, 4) is 0 Å². The van der Waals surface area contributed by atoms with E-state index in [0.717, 1.165) is 24.2 Å². The zero-order valence-corrected chi connectivity index (χ0v) is 14.5. The van der Waals surface area contributed by atoms with Gasteiger partial charge >= 0.3 is 0 Å². The first-order valence-electron chi connectivity index (χ1n) is 7.60. The molecule has 1 amide bonds. The number of thiophene rings is 1. The van der Waals surface area contributed by atoms with E-state index in [1.807, 2.05) is 0 Å². The number of hydrogen-bond donors (Lipinski definition) is 1. The van der Waals surface area contributed by atoms with Crippen molar-refractivity contribution in [1.29, 1.82) is 0 Å². The second kappa shape index (κ2) is 7.00. The van der Waals surface area contributed by atoms with Crippen LogP contribution in [0.1, 0.15) is 17.7 Å². The highest BCUT2D eigenvalue weighted by Gasteiger charge is 2.28. The summed E-state index contributed by atoms with van der Waals surface area (Å²) >= 11 is 1.09. The lowest BCUT2D eigenvalue weighted by Crippen LogP contribution is -2.27.